The van der Waals surface area contributed by atoms with E-state index < -0.39 is 17.0 Å². The van der Waals surface area contributed by atoms with E-state index in [9.17, 15) is 14.4 Å². The molecule has 1 aromatic carbocycles. The minimum atomic E-state index is -1.23. The Hall–Kier alpha value is -2.03. The molecule has 2 rings (SSSR count). The lowest BCUT2D eigenvalue weighted by Gasteiger charge is -2.24. The second-order valence-corrected chi connectivity index (χ2v) is 4.57. The van der Waals surface area contributed by atoms with Crippen molar-refractivity contribution in [3.05, 3.63) is 42.0 Å². The zero-order valence-corrected chi connectivity index (χ0v) is 9.69. The number of carbonyl (C=O) groups excluding carboxylic acids is 3. The fraction of sp³-hybridized carbons (Fsp3) is 0.214. The van der Waals surface area contributed by atoms with Gasteiger partial charge in [-0.3, -0.25) is 14.4 Å². The largest absolute Gasteiger partial charge is 0.294 e. The minimum absolute atomic E-state index is 0.194. The molecular formula is C14H12O3. The summed E-state index contributed by atoms with van der Waals surface area (Å²) in [7, 11) is 0. The van der Waals surface area contributed by atoms with Crippen LogP contribution < -0.4 is 0 Å². The van der Waals surface area contributed by atoms with Gasteiger partial charge in [0.15, 0.2) is 5.78 Å². The molecule has 0 radical (unpaired) electrons. The lowest BCUT2D eigenvalue weighted by molar-refractivity contribution is -0.144. The molecule has 0 spiro atoms. The smallest absolute Gasteiger partial charge is 0.230 e. The Labute approximate surface area is 99.1 Å². The average Bonchev–Trinajstić information content (AvgIpc) is 2.33. The van der Waals surface area contributed by atoms with Gasteiger partial charge in [0.1, 0.15) is 0 Å². The van der Waals surface area contributed by atoms with Crippen LogP contribution >= 0.6 is 0 Å². The van der Waals surface area contributed by atoms with E-state index in [0.29, 0.717) is 5.56 Å². The zero-order valence-electron chi connectivity index (χ0n) is 9.69. The molecule has 0 bridgehead atoms. The van der Waals surface area contributed by atoms with Crippen molar-refractivity contribution in [3.63, 3.8) is 0 Å². The molecule has 0 saturated heterocycles. The maximum atomic E-state index is 11.9. The number of ketones is 3. The van der Waals surface area contributed by atoms with E-state index in [0.717, 1.165) is 0 Å². The maximum absolute atomic E-state index is 11.9. The van der Waals surface area contributed by atoms with E-state index in [1.165, 1.54) is 19.9 Å². The van der Waals surface area contributed by atoms with Crippen LogP contribution in [0, 0.1) is 5.41 Å². The summed E-state index contributed by atoms with van der Waals surface area (Å²) in [6, 6.07) is 8.76. The van der Waals surface area contributed by atoms with Gasteiger partial charge in [0.05, 0.1) is 5.41 Å². The second kappa shape index (κ2) is 3.77. The molecule has 0 N–H and O–H groups in total. The molecule has 1 aliphatic rings. The van der Waals surface area contributed by atoms with Gasteiger partial charge in [-0.05, 0) is 25.5 Å². The fourth-order valence-corrected chi connectivity index (χ4v) is 1.73. The summed E-state index contributed by atoms with van der Waals surface area (Å²) in [6.07, 6.45) is 1.28. The molecule has 0 saturated carbocycles. The third kappa shape index (κ3) is 1.73. The Bertz CT molecular complexity index is 536. The standard InChI is InChI=1S/C14H12O3/c1-14(2)11(15)8-10(12(16)13(14)17)9-6-4-3-5-7-9/h3-8H,1-2H3. The van der Waals surface area contributed by atoms with Crippen molar-refractivity contribution >= 4 is 22.9 Å². The first-order chi connectivity index (χ1) is 7.94. The Balaban J connectivity index is 2.55. The molecule has 0 aromatic heterocycles. The van der Waals surface area contributed by atoms with Gasteiger partial charge in [0.2, 0.25) is 11.6 Å². The Morgan fingerprint density at radius 2 is 1.53 bits per heavy atom. The highest BCUT2D eigenvalue weighted by atomic mass is 16.2. The van der Waals surface area contributed by atoms with Crippen LogP contribution in [0.3, 0.4) is 0 Å². The summed E-state index contributed by atoms with van der Waals surface area (Å²) in [5.41, 5.74) is -0.426. The van der Waals surface area contributed by atoms with Crippen molar-refractivity contribution in [2.45, 2.75) is 13.8 Å². The van der Waals surface area contributed by atoms with Gasteiger partial charge in [-0.25, -0.2) is 0 Å². The lowest BCUT2D eigenvalue weighted by atomic mass is 9.74. The van der Waals surface area contributed by atoms with Crippen LogP contribution in [-0.2, 0) is 14.4 Å². The number of hydrogen-bond acceptors (Lipinski definition) is 3. The molecule has 0 fully saturated rings. The number of allylic oxidation sites excluding steroid dienone is 2. The van der Waals surface area contributed by atoms with Crippen molar-refractivity contribution in [2.75, 3.05) is 0 Å². The summed E-state index contributed by atoms with van der Waals surface area (Å²) in [6.45, 7) is 2.96. The summed E-state index contributed by atoms with van der Waals surface area (Å²) in [4.78, 5) is 35.6. The first-order valence-electron chi connectivity index (χ1n) is 5.35. The lowest BCUT2D eigenvalue weighted by Crippen LogP contribution is -2.41. The molecule has 0 amide bonds. The molecule has 0 atom stereocenters. The van der Waals surface area contributed by atoms with Crippen molar-refractivity contribution in [2.24, 2.45) is 5.41 Å². The molecule has 3 heteroatoms. The Morgan fingerprint density at radius 3 is 2.12 bits per heavy atom. The highest BCUT2D eigenvalue weighted by Crippen LogP contribution is 2.30. The zero-order chi connectivity index (χ0) is 12.6. The van der Waals surface area contributed by atoms with Crippen LogP contribution in [0.15, 0.2) is 36.4 Å². The van der Waals surface area contributed by atoms with Gasteiger partial charge < -0.3 is 0 Å². The molecule has 0 unspecified atom stereocenters. The van der Waals surface area contributed by atoms with Crippen LogP contribution in [0.2, 0.25) is 0 Å². The van der Waals surface area contributed by atoms with E-state index in [1.807, 2.05) is 6.07 Å². The molecule has 0 aliphatic heterocycles. The third-order valence-electron chi connectivity index (χ3n) is 2.99. The summed E-state index contributed by atoms with van der Waals surface area (Å²) in [5, 5.41) is 0. The van der Waals surface area contributed by atoms with Gasteiger partial charge in [-0.15, -0.1) is 0 Å². The molecule has 17 heavy (non-hydrogen) atoms. The van der Waals surface area contributed by atoms with Crippen molar-refractivity contribution in [1.82, 2.24) is 0 Å². The molecule has 1 aliphatic carbocycles. The monoisotopic (exact) mass is 228 g/mol. The van der Waals surface area contributed by atoms with Crippen LogP contribution in [0.4, 0.5) is 0 Å². The van der Waals surface area contributed by atoms with Crippen molar-refractivity contribution in [3.8, 4) is 0 Å². The summed E-state index contributed by atoms with van der Waals surface area (Å²) in [5.74, 6) is -1.54. The molecule has 3 nitrogen and oxygen atoms in total. The third-order valence-corrected chi connectivity index (χ3v) is 2.99. The molecule has 1 aromatic rings. The fourth-order valence-electron chi connectivity index (χ4n) is 1.73. The first-order valence-corrected chi connectivity index (χ1v) is 5.35. The quantitative estimate of drug-likeness (QED) is 0.544. The predicted molar refractivity (Wildman–Crippen MR) is 63.2 cm³/mol. The van der Waals surface area contributed by atoms with E-state index in [4.69, 9.17) is 0 Å². The average molecular weight is 228 g/mol. The van der Waals surface area contributed by atoms with Crippen LogP contribution in [0.5, 0.6) is 0 Å². The van der Waals surface area contributed by atoms with Crippen LogP contribution in [0.1, 0.15) is 19.4 Å². The van der Waals surface area contributed by atoms with Crippen LogP contribution in [-0.4, -0.2) is 17.3 Å². The highest BCUT2D eigenvalue weighted by Gasteiger charge is 2.43. The van der Waals surface area contributed by atoms with Crippen LogP contribution in [0.25, 0.3) is 5.57 Å². The van der Waals surface area contributed by atoms with E-state index in [2.05, 4.69) is 0 Å². The van der Waals surface area contributed by atoms with E-state index in [-0.39, 0.29) is 11.4 Å². The molecule has 0 heterocycles. The number of Topliss-reactive ketones (excluding diaryl/α,β-unsaturated/α-hetero) is 2. The summed E-state index contributed by atoms with van der Waals surface area (Å²) < 4.78 is 0. The van der Waals surface area contributed by atoms with Gasteiger partial charge in [-0.2, -0.15) is 0 Å². The summed E-state index contributed by atoms with van der Waals surface area (Å²) >= 11 is 0. The van der Waals surface area contributed by atoms with Crippen molar-refractivity contribution in [1.29, 1.82) is 0 Å². The van der Waals surface area contributed by atoms with E-state index in [1.54, 1.807) is 24.3 Å². The number of rotatable bonds is 1. The minimum Gasteiger partial charge on any atom is -0.294 e. The Kier molecular flexibility index (Phi) is 2.54. The second-order valence-electron chi connectivity index (χ2n) is 4.57. The Morgan fingerprint density at radius 1 is 0.941 bits per heavy atom. The molecule has 86 valence electrons. The number of hydrogen-bond donors (Lipinski definition) is 0. The van der Waals surface area contributed by atoms with Gasteiger partial charge in [0.25, 0.3) is 0 Å². The number of carbonyl (C=O) groups is 3. The van der Waals surface area contributed by atoms with E-state index >= 15 is 0 Å². The van der Waals surface area contributed by atoms with Crippen molar-refractivity contribution < 1.29 is 14.4 Å². The normalized spacial score (nSPS) is 19.2. The highest BCUT2D eigenvalue weighted by molar-refractivity contribution is 6.60. The number of benzene rings is 1. The van der Waals surface area contributed by atoms with Gasteiger partial charge in [0, 0.05) is 5.57 Å². The first kappa shape index (κ1) is 11.5. The predicted octanol–water partition coefficient (Wildman–Crippen LogP) is 1.82. The maximum Gasteiger partial charge on any atom is 0.230 e. The van der Waals surface area contributed by atoms with Gasteiger partial charge in [-0.1, -0.05) is 30.3 Å². The SMILES string of the molecule is CC1(C)C(=O)C=C(c2ccccc2)C(=O)C1=O. The molecular weight excluding hydrogens is 216 g/mol. The topological polar surface area (TPSA) is 51.2 Å². The van der Waals surface area contributed by atoms with Gasteiger partial charge >= 0.3 is 0 Å².